The maximum absolute atomic E-state index is 12.4. The molecule has 2 N–H and O–H groups in total. The van der Waals surface area contributed by atoms with Gasteiger partial charge in [-0.2, -0.15) is 0 Å². The lowest BCUT2D eigenvalue weighted by molar-refractivity contribution is 0.0898. The van der Waals surface area contributed by atoms with E-state index in [4.69, 9.17) is 0 Å². The lowest BCUT2D eigenvalue weighted by atomic mass is 9.82. The summed E-state index contributed by atoms with van der Waals surface area (Å²) in [4.78, 5) is 20.8. The number of carbonyl (C=O) groups excluding carboxylic acids is 1. The van der Waals surface area contributed by atoms with Gasteiger partial charge in [-0.25, -0.2) is 9.97 Å². The molecule has 1 aromatic rings. The molecule has 1 heterocycles. The Morgan fingerprint density at radius 2 is 2.10 bits per heavy atom. The zero-order valence-electron chi connectivity index (χ0n) is 12.9. The van der Waals surface area contributed by atoms with Gasteiger partial charge in [0.1, 0.15) is 5.82 Å². The Morgan fingerprint density at radius 1 is 1.38 bits per heavy atom. The molecule has 5 heteroatoms. The summed E-state index contributed by atoms with van der Waals surface area (Å²) in [5, 5.41) is 12.4. The number of nitrogens with zero attached hydrogens (tertiary/aromatic N) is 2. The molecular weight excluding hydrogens is 266 g/mol. The van der Waals surface area contributed by atoms with Crippen molar-refractivity contribution in [2.24, 2.45) is 5.92 Å². The molecule has 1 aliphatic carbocycles. The SMILES string of the molecule is Cc1ncc(C(=O)NC(CCO)C2CCCCC2)c(C)n1. The van der Waals surface area contributed by atoms with Gasteiger partial charge in [0.2, 0.25) is 0 Å². The Bertz CT molecular complexity index is 484. The minimum atomic E-state index is -0.128. The van der Waals surface area contributed by atoms with Gasteiger partial charge < -0.3 is 10.4 Å². The maximum atomic E-state index is 12.4. The predicted molar refractivity (Wildman–Crippen MR) is 81.0 cm³/mol. The predicted octanol–water partition coefficient (Wildman–Crippen LogP) is 2.15. The van der Waals surface area contributed by atoms with Crippen LogP contribution in [0.4, 0.5) is 0 Å². The average Bonchev–Trinajstić information content (AvgIpc) is 2.47. The second-order valence-electron chi connectivity index (χ2n) is 5.91. The number of aliphatic hydroxyl groups is 1. The molecule has 1 atom stereocenters. The van der Waals surface area contributed by atoms with Crippen molar-refractivity contribution in [3.05, 3.63) is 23.3 Å². The van der Waals surface area contributed by atoms with E-state index in [1.54, 1.807) is 6.20 Å². The molecule has 1 aliphatic rings. The van der Waals surface area contributed by atoms with Crippen LogP contribution in [0.2, 0.25) is 0 Å². The van der Waals surface area contributed by atoms with E-state index in [2.05, 4.69) is 15.3 Å². The van der Waals surface area contributed by atoms with Crippen LogP contribution in [0.15, 0.2) is 6.20 Å². The Balaban J connectivity index is 2.06. The van der Waals surface area contributed by atoms with E-state index in [1.807, 2.05) is 13.8 Å². The minimum absolute atomic E-state index is 0.0449. The molecule has 0 saturated heterocycles. The van der Waals surface area contributed by atoms with Crippen LogP contribution in [0.1, 0.15) is 60.4 Å². The average molecular weight is 291 g/mol. The van der Waals surface area contributed by atoms with E-state index in [9.17, 15) is 9.90 Å². The summed E-state index contributed by atoms with van der Waals surface area (Å²) in [5.74, 6) is 1.02. The Hall–Kier alpha value is -1.49. The van der Waals surface area contributed by atoms with Gasteiger partial charge >= 0.3 is 0 Å². The summed E-state index contributed by atoms with van der Waals surface area (Å²) in [5.41, 5.74) is 1.23. The number of hydrogen-bond acceptors (Lipinski definition) is 4. The quantitative estimate of drug-likeness (QED) is 0.871. The van der Waals surface area contributed by atoms with Crippen LogP contribution in [0.3, 0.4) is 0 Å². The van der Waals surface area contributed by atoms with Gasteiger partial charge in [0, 0.05) is 18.8 Å². The van der Waals surface area contributed by atoms with Crippen LogP contribution in [0.5, 0.6) is 0 Å². The van der Waals surface area contributed by atoms with Gasteiger partial charge in [0.05, 0.1) is 11.3 Å². The smallest absolute Gasteiger partial charge is 0.254 e. The van der Waals surface area contributed by atoms with E-state index in [1.165, 1.54) is 19.3 Å². The normalized spacial score (nSPS) is 17.5. The zero-order valence-corrected chi connectivity index (χ0v) is 12.9. The number of aromatic nitrogens is 2. The zero-order chi connectivity index (χ0) is 15.2. The monoisotopic (exact) mass is 291 g/mol. The van der Waals surface area contributed by atoms with Gasteiger partial charge in [0.15, 0.2) is 0 Å². The van der Waals surface area contributed by atoms with E-state index in [-0.39, 0.29) is 18.6 Å². The van der Waals surface area contributed by atoms with Crippen LogP contribution >= 0.6 is 0 Å². The summed E-state index contributed by atoms with van der Waals surface area (Å²) in [6.07, 6.45) is 8.18. The summed E-state index contributed by atoms with van der Waals surface area (Å²) < 4.78 is 0. The van der Waals surface area contributed by atoms with Gasteiger partial charge in [-0.05, 0) is 39.0 Å². The third-order valence-corrected chi connectivity index (χ3v) is 4.32. The Morgan fingerprint density at radius 3 is 2.71 bits per heavy atom. The van der Waals surface area contributed by atoms with Gasteiger partial charge in [0.25, 0.3) is 5.91 Å². The van der Waals surface area contributed by atoms with Crippen LogP contribution < -0.4 is 5.32 Å². The summed E-state index contributed by atoms with van der Waals surface area (Å²) in [6, 6.07) is 0.0449. The second-order valence-corrected chi connectivity index (χ2v) is 5.91. The molecular formula is C16H25N3O2. The maximum Gasteiger partial charge on any atom is 0.254 e. The van der Waals surface area contributed by atoms with Crippen molar-refractivity contribution in [1.82, 2.24) is 15.3 Å². The Labute approximate surface area is 126 Å². The molecule has 1 saturated carbocycles. The van der Waals surface area contributed by atoms with Crippen molar-refractivity contribution in [3.63, 3.8) is 0 Å². The van der Waals surface area contributed by atoms with Crippen LogP contribution in [0, 0.1) is 19.8 Å². The summed E-state index contributed by atoms with van der Waals surface area (Å²) >= 11 is 0. The second kappa shape index (κ2) is 7.50. The van der Waals surface area contributed by atoms with Crippen LogP contribution in [0.25, 0.3) is 0 Å². The molecule has 0 radical (unpaired) electrons. The van der Waals surface area contributed by atoms with E-state index >= 15 is 0 Å². The number of amides is 1. The van der Waals surface area contributed by atoms with Crippen molar-refractivity contribution in [1.29, 1.82) is 0 Å². The van der Waals surface area contributed by atoms with Gasteiger partial charge in [-0.15, -0.1) is 0 Å². The number of aryl methyl sites for hydroxylation is 2. The third-order valence-electron chi connectivity index (χ3n) is 4.32. The molecule has 0 bridgehead atoms. The largest absolute Gasteiger partial charge is 0.396 e. The summed E-state index contributed by atoms with van der Waals surface area (Å²) in [7, 11) is 0. The van der Waals surface area contributed by atoms with Crippen molar-refractivity contribution in [2.45, 2.75) is 58.4 Å². The van der Waals surface area contributed by atoms with Gasteiger partial charge in [-0.1, -0.05) is 19.3 Å². The Kier molecular flexibility index (Phi) is 5.67. The highest BCUT2D eigenvalue weighted by Gasteiger charge is 2.25. The molecule has 5 nitrogen and oxygen atoms in total. The van der Waals surface area contributed by atoms with E-state index in [0.717, 1.165) is 12.8 Å². The number of nitrogens with one attached hydrogen (secondary N) is 1. The molecule has 2 rings (SSSR count). The van der Waals surface area contributed by atoms with Crippen molar-refractivity contribution in [2.75, 3.05) is 6.61 Å². The number of hydrogen-bond donors (Lipinski definition) is 2. The summed E-state index contributed by atoms with van der Waals surface area (Å²) in [6.45, 7) is 3.74. The fourth-order valence-corrected chi connectivity index (χ4v) is 3.15. The fraction of sp³-hybridized carbons (Fsp3) is 0.688. The first-order valence-electron chi connectivity index (χ1n) is 7.83. The third kappa shape index (κ3) is 4.24. The highest BCUT2D eigenvalue weighted by Crippen LogP contribution is 2.28. The van der Waals surface area contributed by atoms with Crippen molar-refractivity contribution in [3.8, 4) is 0 Å². The minimum Gasteiger partial charge on any atom is -0.396 e. The number of aliphatic hydroxyl groups excluding tert-OH is 1. The molecule has 0 aromatic carbocycles. The highest BCUT2D eigenvalue weighted by atomic mass is 16.3. The fourth-order valence-electron chi connectivity index (χ4n) is 3.15. The van der Waals surface area contributed by atoms with E-state index < -0.39 is 0 Å². The van der Waals surface area contributed by atoms with Crippen LogP contribution in [-0.2, 0) is 0 Å². The number of rotatable bonds is 5. The molecule has 1 unspecified atom stereocenters. The topological polar surface area (TPSA) is 75.1 Å². The first kappa shape index (κ1) is 15.9. The standard InChI is InChI=1S/C16H25N3O2/c1-11-14(10-17-12(2)18-11)16(21)19-15(8-9-20)13-6-4-3-5-7-13/h10,13,15,20H,3-9H2,1-2H3,(H,19,21). The molecule has 0 aliphatic heterocycles. The molecule has 21 heavy (non-hydrogen) atoms. The molecule has 116 valence electrons. The molecule has 1 fully saturated rings. The molecule has 1 aromatic heterocycles. The lowest BCUT2D eigenvalue weighted by Crippen LogP contribution is -2.42. The first-order valence-corrected chi connectivity index (χ1v) is 7.83. The first-order chi connectivity index (χ1) is 10.1. The van der Waals surface area contributed by atoms with Gasteiger partial charge in [-0.3, -0.25) is 4.79 Å². The van der Waals surface area contributed by atoms with Crippen molar-refractivity contribution >= 4 is 5.91 Å². The molecule has 0 spiro atoms. The van der Waals surface area contributed by atoms with Crippen molar-refractivity contribution < 1.29 is 9.90 Å². The van der Waals surface area contributed by atoms with Crippen LogP contribution in [-0.4, -0.2) is 33.6 Å². The molecule has 1 amide bonds. The lowest BCUT2D eigenvalue weighted by Gasteiger charge is -2.30. The highest BCUT2D eigenvalue weighted by molar-refractivity contribution is 5.95. The van der Waals surface area contributed by atoms with E-state index in [0.29, 0.717) is 29.4 Å². The number of carbonyl (C=O) groups is 1.